The van der Waals surface area contributed by atoms with Crippen LogP contribution in [-0.4, -0.2) is 39.9 Å². The highest BCUT2D eigenvalue weighted by atomic mass is 35.5. The molecule has 2 aliphatic rings. The summed E-state index contributed by atoms with van der Waals surface area (Å²) in [6.45, 7) is 7.90. The molecular formula is C26H30ClN5O2. The van der Waals surface area contributed by atoms with Crippen molar-refractivity contribution in [2.45, 2.75) is 45.8 Å². The fourth-order valence-electron chi connectivity index (χ4n) is 3.95. The van der Waals surface area contributed by atoms with Gasteiger partial charge < -0.3 is 10.5 Å². The Morgan fingerprint density at radius 1 is 1.15 bits per heavy atom. The number of hydrogen-bond donors (Lipinski definition) is 1. The van der Waals surface area contributed by atoms with Gasteiger partial charge in [-0.05, 0) is 49.7 Å². The molecule has 0 saturated carbocycles. The number of aromatic nitrogens is 2. The highest BCUT2D eigenvalue weighted by molar-refractivity contribution is 6.30. The van der Waals surface area contributed by atoms with Crippen LogP contribution in [0.1, 0.15) is 38.4 Å². The van der Waals surface area contributed by atoms with E-state index in [1.807, 2.05) is 70.2 Å². The van der Waals surface area contributed by atoms with Gasteiger partial charge in [0.2, 0.25) is 0 Å². The first-order valence-electron chi connectivity index (χ1n) is 11.2. The van der Waals surface area contributed by atoms with Crippen molar-refractivity contribution >= 4 is 23.5 Å². The Labute approximate surface area is 205 Å². The number of amides is 1. The van der Waals surface area contributed by atoms with Crippen molar-refractivity contribution in [3.05, 3.63) is 77.3 Å². The smallest absolute Gasteiger partial charge is 0.261 e. The van der Waals surface area contributed by atoms with Gasteiger partial charge in [-0.25, -0.2) is 4.99 Å². The Bertz CT molecular complexity index is 1180. The summed E-state index contributed by atoms with van der Waals surface area (Å²) in [5.74, 6) is 0.736. The van der Waals surface area contributed by atoms with Crippen molar-refractivity contribution < 1.29 is 9.53 Å². The number of guanidine groups is 1. The van der Waals surface area contributed by atoms with Crippen LogP contribution in [0.4, 0.5) is 0 Å². The molecule has 0 aliphatic carbocycles. The molecule has 34 heavy (non-hydrogen) atoms. The molecule has 178 valence electrons. The van der Waals surface area contributed by atoms with E-state index in [1.165, 1.54) is 4.90 Å². The van der Waals surface area contributed by atoms with E-state index in [1.54, 1.807) is 25.6 Å². The Balaban J connectivity index is 0.000000306. The molecule has 2 unspecified atom stereocenters. The average molecular weight is 480 g/mol. The van der Waals surface area contributed by atoms with Gasteiger partial charge in [-0.2, -0.15) is 0 Å². The number of hydrogen-bond acceptors (Lipinski definition) is 6. The van der Waals surface area contributed by atoms with E-state index >= 15 is 0 Å². The number of carbonyl (C=O) groups excluding carboxylic acids is 1. The van der Waals surface area contributed by atoms with Crippen LogP contribution in [0, 0.1) is 6.92 Å². The van der Waals surface area contributed by atoms with Gasteiger partial charge in [0.05, 0.1) is 11.1 Å². The lowest BCUT2D eigenvalue weighted by Crippen LogP contribution is -2.45. The molecule has 2 atom stereocenters. The number of fused-ring (bicyclic) bond motifs is 2. The molecule has 1 amide bonds. The minimum absolute atomic E-state index is 0.136. The van der Waals surface area contributed by atoms with E-state index in [4.69, 9.17) is 22.1 Å². The summed E-state index contributed by atoms with van der Waals surface area (Å²) in [6.07, 6.45) is 5.40. The van der Waals surface area contributed by atoms with E-state index in [0.717, 1.165) is 22.4 Å². The Hall–Kier alpha value is -3.45. The number of nitrogens with two attached hydrogens (primary N) is 1. The quantitative estimate of drug-likeness (QED) is 0.531. The summed E-state index contributed by atoms with van der Waals surface area (Å²) < 4.78 is 5.93. The van der Waals surface area contributed by atoms with Crippen molar-refractivity contribution in [2.24, 2.45) is 10.7 Å². The molecule has 0 bridgehead atoms. The van der Waals surface area contributed by atoms with Crippen molar-refractivity contribution in [3.63, 3.8) is 0 Å². The molecule has 2 aromatic heterocycles. The van der Waals surface area contributed by atoms with Gasteiger partial charge in [0.25, 0.3) is 5.91 Å². The zero-order chi connectivity index (χ0) is 24.9. The zero-order valence-corrected chi connectivity index (χ0v) is 20.9. The van der Waals surface area contributed by atoms with Crippen LogP contribution in [0.25, 0.3) is 11.1 Å². The Morgan fingerprint density at radius 2 is 1.91 bits per heavy atom. The predicted molar refractivity (Wildman–Crippen MR) is 136 cm³/mol. The van der Waals surface area contributed by atoms with E-state index in [9.17, 15) is 4.79 Å². The molecule has 2 aliphatic heterocycles. The maximum atomic E-state index is 12.9. The fourth-order valence-corrected chi connectivity index (χ4v) is 4.12. The van der Waals surface area contributed by atoms with E-state index < -0.39 is 5.54 Å². The van der Waals surface area contributed by atoms with Crippen LogP contribution in [0.5, 0.6) is 5.75 Å². The number of pyridine rings is 2. The lowest BCUT2D eigenvalue weighted by atomic mass is 9.81. The number of rotatable bonds is 1. The standard InChI is InChI=1S/C18H17ClN4O2.C6H7N.C2H6/c1-10-7-18(16(24)23(2)17(20)22-18)14-6-11(3-4-15(14)25-10)12-5-13(19)9-21-8-12;1-6-4-2-3-5-7-6;1-2/h3-6,8-10H,7H2,1-2H3,(H2,20,22);2-5H,1H3;1-2H3. The third kappa shape index (κ3) is 5.04. The van der Waals surface area contributed by atoms with Gasteiger partial charge >= 0.3 is 0 Å². The lowest BCUT2D eigenvalue weighted by molar-refractivity contribution is -0.132. The first-order valence-corrected chi connectivity index (χ1v) is 11.6. The third-order valence-electron chi connectivity index (χ3n) is 5.49. The topological polar surface area (TPSA) is 93.7 Å². The van der Waals surface area contributed by atoms with Crippen LogP contribution in [0.3, 0.4) is 0 Å². The van der Waals surface area contributed by atoms with Gasteiger partial charge in [-0.1, -0.05) is 37.6 Å². The molecule has 8 heteroatoms. The number of likely N-dealkylation sites (N-methyl/N-ethyl adjacent to an activating group) is 1. The van der Waals surface area contributed by atoms with E-state index in [2.05, 4.69) is 15.0 Å². The van der Waals surface area contributed by atoms with Crippen molar-refractivity contribution in [3.8, 4) is 16.9 Å². The summed E-state index contributed by atoms with van der Waals surface area (Å²) in [6, 6.07) is 13.4. The van der Waals surface area contributed by atoms with Crippen molar-refractivity contribution in [2.75, 3.05) is 7.05 Å². The number of aryl methyl sites for hydroxylation is 1. The number of carbonyl (C=O) groups is 1. The molecular weight excluding hydrogens is 450 g/mol. The molecule has 5 rings (SSSR count). The summed E-state index contributed by atoms with van der Waals surface area (Å²) >= 11 is 6.05. The lowest BCUT2D eigenvalue weighted by Gasteiger charge is -2.35. The van der Waals surface area contributed by atoms with Crippen LogP contribution in [0.2, 0.25) is 5.02 Å². The summed E-state index contributed by atoms with van der Waals surface area (Å²) in [4.78, 5) is 27.0. The summed E-state index contributed by atoms with van der Waals surface area (Å²) in [5, 5.41) is 0.550. The Morgan fingerprint density at radius 3 is 2.47 bits per heavy atom. The van der Waals surface area contributed by atoms with Crippen molar-refractivity contribution in [1.29, 1.82) is 0 Å². The predicted octanol–water partition coefficient (Wildman–Crippen LogP) is 4.97. The molecule has 1 aromatic carbocycles. The summed E-state index contributed by atoms with van der Waals surface area (Å²) in [7, 11) is 1.64. The van der Waals surface area contributed by atoms with Crippen LogP contribution < -0.4 is 10.5 Å². The van der Waals surface area contributed by atoms with Gasteiger partial charge in [0.15, 0.2) is 11.5 Å². The molecule has 7 nitrogen and oxygen atoms in total. The number of benzene rings is 1. The SMILES string of the molecule is CC.CC1CC2(N=C(N)N(C)C2=O)c2cc(-c3cncc(Cl)c3)ccc2O1.Cc1ccccn1. The zero-order valence-electron chi connectivity index (χ0n) is 20.1. The number of ether oxygens (including phenoxy) is 1. The normalized spacial score (nSPS) is 20.3. The number of aliphatic imine (C=N–C) groups is 1. The molecule has 0 radical (unpaired) electrons. The maximum absolute atomic E-state index is 12.9. The second kappa shape index (κ2) is 10.7. The molecule has 1 spiro atoms. The fraction of sp³-hybridized carbons (Fsp3) is 0.308. The van der Waals surface area contributed by atoms with Crippen molar-refractivity contribution in [1.82, 2.24) is 14.9 Å². The molecule has 0 saturated heterocycles. The highest BCUT2D eigenvalue weighted by Gasteiger charge is 2.52. The first-order chi connectivity index (χ1) is 16.3. The van der Waals surface area contributed by atoms with Crippen LogP contribution >= 0.6 is 11.6 Å². The van der Waals surface area contributed by atoms with Crippen LogP contribution in [0.15, 0.2) is 66.0 Å². The molecule has 4 heterocycles. The number of nitrogens with zero attached hydrogens (tertiary/aromatic N) is 4. The maximum Gasteiger partial charge on any atom is 0.261 e. The van der Waals surface area contributed by atoms with Gasteiger partial charge in [0, 0.05) is 48.9 Å². The van der Waals surface area contributed by atoms with Crippen LogP contribution in [-0.2, 0) is 10.3 Å². The Kier molecular flexibility index (Phi) is 7.89. The van der Waals surface area contributed by atoms with Gasteiger partial charge in [-0.15, -0.1) is 0 Å². The second-order valence-electron chi connectivity index (χ2n) is 7.90. The minimum Gasteiger partial charge on any atom is -0.490 e. The monoisotopic (exact) mass is 479 g/mol. The average Bonchev–Trinajstić information content (AvgIpc) is 3.05. The minimum atomic E-state index is -1.03. The summed E-state index contributed by atoms with van der Waals surface area (Å²) in [5.41, 5.74) is 8.45. The molecule has 0 fully saturated rings. The largest absolute Gasteiger partial charge is 0.490 e. The van der Waals surface area contributed by atoms with Gasteiger partial charge in [0.1, 0.15) is 5.75 Å². The van der Waals surface area contributed by atoms with E-state index in [0.29, 0.717) is 17.2 Å². The third-order valence-corrected chi connectivity index (χ3v) is 5.70. The van der Waals surface area contributed by atoms with Gasteiger partial charge in [-0.3, -0.25) is 19.7 Å². The molecule has 2 N–H and O–H groups in total. The number of halogens is 1. The first kappa shape index (κ1) is 25.2. The second-order valence-corrected chi connectivity index (χ2v) is 8.34. The van der Waals surface area contributed by atoms with E-state index in [-0.39, 0.29) is 18.0 Å². The molecule has 3 aromatic rings. The highest BCUT2D eigenvalue weighted by Crippen LogP contribution is 2.46.